The lowest BCUT2D eigenvalue weighted by Gasteiger charge is -2.14. The van der Waals surface area contributed by atoms with Crippen molar-refractivity contribution in [3.8, 4) is 0 Å². The van der Waals surface area contributed by atoms with Crippen molar-refractivity contribution in [2.24, 2.45) is 5.84 Å². The van der Waals surface area contributed by atoms with Crippen LogP contribution in [-0.2, 0) is 0 Å². The van der Waals surface area contributed by atoms with Crippen molar-refractivity contribution in [3.63, 3.8) is 0 Å². The summed E-state index contributed by atoms with van der Waals surface area (Å²) in [6.45, 7) is 4.51. The molecule has 0 radical (unpaired) electrons. The molecule has 0 aliphatic rings. The largest absolute Gasteiger partial charge is 0.271 e. The van der Waals surface area contributed by atoms with Gasteiger partial charge in [-0.2, -0.15) is 0 Å². The zero-order valence-electron chi connectivity index (χ0n) is 11.4. The smallest absolute Gasteiger partial charge is 0.0210 e. The molecular weight excluding hydrogens is 196 g/mol. The van der Waals surface area contributed by atoms with Gasteiger partial charge in [0.05, 0.1) is 0 Å². The summed E-state index contributed by atoms with van der Waals surface area (Å²) in [6.07, 6.45) is 14.8. The van der Waals surface area contributed by atoms with Crippen molar-refractivity contribution < 1.29 is 0 Å². The predicted molar refractivity (Wildman–Crippen MR) is 73.2 cm³/mol. The van der Waals surface area contributed by atoms with E-state index in [4.69, 9.17) is 5.84 Å². The van der Waals surface area contributed by atoms with Gasteiger partial charge >= 0.3 is 0 Å². The molecule has 0 heterocycles. The molecule has 1 unspecified atom stereocenters. The second kappa shape index (κ2) is 13.0. The van der Waals surface area contributed by atoms with E-state index in [1.807, 2.05) is 0 Å². The lowest BCUT2D eigenvalue weighted by molar-refractivity contribution is 0.426. The summed E-state index contributed by atoms with van der Waals surface area (Å²) in [6, 6.07) is 0.551. The van der Waals surface area contributed by atoms with E-state index >= 15 is 0 Å². The second-order valence-corrected chi connectivity index (χ2v) is 4.92. The Morgan fingerprint density at radius 3 is 1.81 bits per heavy atom. The standard InChI is InChI=1S/C14H32N2/c1-3-5-7-8-9-10-11-13-14(16-15)12-6-4-2/h14,16H,3-13,15H2,1-2H3. The minimum Gasteiger partial charge on any atom is -0.271 e. The zero-order valence-corrected chi connectivity index (χ0v) is 11.4. The highest BCUT2D eigenvalue weighted by Crippen LogP contribution is 2.12. The molecule has 0 aromatic rings. The number of hydrogen-bond acceptors (Lipinski definition) is 2. The van der Waals surface area contributed by atoms with Crippen molar-refractivity contribution in [3.05, 3.63) is 0 Å². The third kappa shape index (κ3) is 10.4. The van der Waals surface area contributed by atoms with Crippen LogP contribution in [-0.4, -0.2) is 6.04 Å². The Morgan fingerprint density at radius 2 is 1.25 bits per heavy atom. The van der Waals surface area contributed by atoms with Crippen LogP contribution in [0.25, 0.3) is 0 Å². The van der Waals surface area contributed by atoms with Crippen LogP contribution in [0.5, 0.6) is 0 Å². The first-order valence-corrected chi connectivity index (χ1v) is 7.31. The van der Waals surface area contributed by atoms with E-state index < -0.39 is 0 Å². The Hall–Kier alpha value is -0.0800. The van der Waals surface area contributed by atoms with Gasteiger partial charge in [-0.1, -0.05) is 71.6 Å². The molecule has 0 aromatic carbocycles. The molecule has 0 fully saturated rings. The van der Waals surface area contributed by atoms with Crippen LogP contribution in [0, 0.1) is 0 Å². The van der Waals surface area contributed by atoms with E-state index in [-0.39, 0.29) is 0 Å². The number of unbranched alkanes of at least 4 members (excludes halogenated alkanes) is 7. The Bertz CT molecular complexity index is 126. The average Bonchev–Trinajstić information content (AvgIpc) is 2.32. The maximum atomic E-state index is 5.54. The van der Waals surface area contributed by atoms with Gasteiger partial charge in [-0.25, -0.2) is 0 Å². The van der Waals surface area contributed by atoms with Gasteiger partial charge in [-0.15, -0.1) is 0 Å². The summed E-state index contributed by atoms with van der Waals surface area (Å²) < 4.78 is 0. The number of rotatable bonds is 12. The molecule has 2 heteroatoms. The van der Waals surface area contributed by atoms with Crippen LogP contribution in [0.4, 0.5) is 0 Å². The molecular formula is C14H32N2. The molecule has 0 spiro atoms. The van der Waals surface area contributed by atoms with E-state index in [2.05, 4.69) is 19.3 Å². The van der Waals surface area contributed by atoms with Crippen LogP contribution >= 0.6 is 0 Å². The van der Waals surface area contributed by atoms with Crippen LogP contribution in [0.1, 0.15) is 84.5 Å². The van der Waals surface area contributed by atoms with Crippen molar-refractivity contribution >= 4 is 0 Å². The Morgan fingerprint density at radius 1 is 0.750 bits per heavy atom. The summed E-state index contributed by atoms with van der Waals surface area (Å²) >= 11 is 0. The fraction of sp³-hybridized carbons (Fsp3) is 1.00. The monoisotopic (exact) mass is 228 g/mol. The summed E-state index contributed by atoms with van der Waals surface area (Å²) in [5.74, 6) is 5.54. The second-order valence-electron chi connectivity index (χ2n) is 4.92. The third-order valence-electron chi connectivity index (χ3n) is 3.30. The summed E-state index contributed by atoms with van der Waals surface area (Å²) in [4.78, 5) is 0. The van der Waals surface area contributed by atoms with Gasteiger partial charge in [-0.05, 0) is 12.8 Å². The molecule has 2 nitrogen and oxygen atoms in total. The van der Waals surface area contributed by atoms with E-state index in [0.29, 0.717) is 6.04 Å². The first-order chi connectivity index (χ1) is 7.85. The summed E-state index contributed by atoms with van der Waals surface area (Å²) in [7, 11) is 0. The van der Waals surface area contributed by atoms with Crippen LogP contribution < -0.4 is 11.3 Å². The molecule has 98 valence electrons. The number of nitrogens with two attached hydrogens (primary N) is 1. The van der Waals surface area contributed by atoms with E-state index in [1.165, 1.54) is 70.6 Å². The van der Waals surface area contributed by atoms with Crippen LogP contribution in [0.2, 0.25) is 0 Å². The first-order valence-electron chi connectivity index (χ1n) is 7.31. The summed E-state index contributed by atoms with van der Waals surface area (Å²) in [5.41, 5.74) is 2.95. The van der Waals surface area contributed by atoms with E-state index in [1.54, 1.807) is 0 Å². The maximum absolute atomic E-state index is 5.54. The minimum atomic E-state index is 0.551. The van der Waals surface area contributed by atoms with Crippen molar-refractivity contribution in [1.29, 1.82) is 0 Å². The van der Waals surface area contributed by atoms with E-state index in [0.717, 1.165) is 0 Å². The Balaban J connectivity index is 3.20. The molecule has 0 aliphatic heterocycles. The summed E-state index contributed by atoms with van der Waals surface area (Å²) in [5, 5.41) is 0. The van der Waals surface area contributed by atoms with Gasteiger partial charge < -0.3 is 0 Å². The van der Waals surface area contributed by atoms with Crippen molar-refractivity contribution in [2.75, 3.05) is 0 Å². The SMILES string of the molecule is CCCCCCCCCC(CCCC)NN. The van der Waals surface area contributed by atoms with E-state index in [9.17, 15) is 0 Å². The zero-order chi connectivity index (χ0) is 12.1. The fourth-order valence-corrected chi connectivity index (χ4v) is 2.11. The van der Waals surface area contributed by atoms with Crippen LogP contribution in [0.15, 0.2) is 0 Å². The molecule has 0 bridgehead atoms. The molecule has 3 N–H and O–H groups in total. The molecule has 16 heavy (non-hydrogen) atoms. The van der Waals surface area contributed by atoms with Gasteiger partial charge in [0, 0.05) is 6.04 Å². The molecule has 0 aliphatic carbocycles. The molecule has 0 saturated heterocycles. The van der Waals surface area contributed by atoms with Gasteiger partial charge in [0.25, 0.3) is 0 Å². The molecule has 0 saturated carbocycles. The van der Waals surface area contributed by atoms with Gasteiger partial charge in [-0.3, -0.25) is 11.3 Å². The van der Waals surface area contributed by atoms with Gasteiger partial charge in [0.15, 0.2) is 0 Å². The Labute approximate surface area is 102 Å². The van der Waals surface area contributed by atoms with Gasteiger partial charge in [0.1, 0.15) is 0 Å². The topological polar surface area (TPSA) is 38.0 Å². The molecule has 0 amide bonds. The van der Waals surface area contributed by atoms with Crippen LogP contribution in [0.3, 0.4) is 0 Å². The first kappa shape index (κ1) is 15.9. The van der Waals surface area contributed by atoms with Crippen molar-refractivity contribution in [2.45, 2.75) is 90.5 Å². The quantitative estimate of drug-likeness (QED) is 0.299. The third-order valence-corrected chi connectivity index (χ3v) is 3.30. The molecule has 1 atom stereocenters. The lowest BCUT2D eigenvalue weighted by Crippen LogP contribution is -2.34. The van der Waals surface area contributed by atoms with Crippen molar-refractivity contribution in [1.82, 2.24) is 5.43 Å². The lowest BCUT2D eigenvalue weighted by atomic mass is 10.0. The molecule has 0 rings (SSSR count). The van der Waals surface area contributed by atoms with Gasteiger partial charge in [0.2, 0.25) is 0 Å². The highest BCUT2D eigenvalue weighted by molar-refractivity contribution is 4.63. The normalized spacial score (nSPS) is 12.9. The average molecular weight is 228 g/mol. The highest BCUT2D eigenvalue weighted by Gasteiger charge is 2.04. The predicted octanol–water partition coefficient (Wildman–Crippen LogP) is 4.15. The Kier molecular flexibility index (Phi) is 12.9. The number of hydrogen-bond donors (Lipinski definition) is 2. The fourth-order valence-electron chi connectivity index (χ4n) is 2.11. The molecule has 0 aromatic heterocycles. The maximum Gasteiger partial charge on any atom is 0.0210 e. The minimum absolute atomic E-state index is 0.551. The number of nitrogens with one attached hydrogen (secondary N) is 1. The number of hydrazine groups is 1. The highest BCUT2D eigenvalue weighted by atomic mass is 15.2.